The van der Waals surface area contributed by atoms with Gasteiger partial charge >= 0.3 is 0 Å². The lowest BCUT2D eigenvalue weighted by Gasteiger charge is -2.05. The summed E-state index contributed by atoms with van der Waals surface area (Å²) < 4.78 is 5.78. The van der Waals surface area contributed by atoms with Crippen molar-refractivity contribution in [3.63, 3.8) is 0 Å². The molecule has 116 valence electrons. The Kier molecular flexibility index (Phi) is 4.16. The van der Waals surface area contributed by atoms with Crippen molar-refractivity contribution in [3.05, 3.63) is 59.3 Å². The third-order valence-electron chi connectivity index (χ3n) is 3.37. The number of ether oxygens (including phenoxy) is 1. The minimum Gasteiger partial charge on any atom is -0.492 e. The number of nitrogens with one attached hydrogen (secondary N) is 2. The predicted molar refractivity (Wildman–Crippen MR) is 94.0 cm³/mol. The Morgan fingerprint density at radius 1 is 1.30 bits per heavy atom. The molecule has 0 fully saturated rings. The van der Waals surface area contributed by atoms with E-state index in [1.165, 1.54) is 7.11 Å². The number of carbonyl (C=O) groups excluding carboxylic acids is 1. The average molecular weight is 372 g/mol. The van der Waals surface area contributed by atoms with Crippen LogP contribution in [0.25, 0.3) is 22.4 Å². The quantitative estimate of drug-likeness (QED) is 0.536. The van der Waals surface area contributed by atoms with Crippen molar-refractivity contribution >= 4 is 38.6 Å². The molecule has 6 heteroatoms. The topological polar surface area (TPSA) is 67.0 Å². The van der Waals surface area contributed by atoms with E-state index in [1.807, 2.05) is 30.3 Å². The molecular weight excluding hydrogens is 358 g/mol. The van der Waals surface area contributed by atoms with Gasteiger partial charge in [0, 0.05) is 15.7 Å². The van der Waals surface area contributed by atoms with Gasteiger partial charge < -0.3 is 15.0 Å². The molecule has 2 N–H and O–H groups in total. The molecule has 0 aliphatic heterocycles. The summed E-state index contributed by atoms with van der Waals surface area (Å²) in [5.74, 6) is 0.437. The molecule has 0 spiro atoms. The molecule has 1 aromatic heterocycles. The van der Waals surface area contributed by atoms with Crippen LogP contribution >= 0.6 is 15.9 Å². The van der Waals surface area contributed by atoms with Crippen LogP contribution in [0, 0.1) is 0 Å². The van der Waals surface area contributed by atoms with E-state index in [4.69, 9.17) is 4.74 Å². The largest absolute Gasteiger partial charge is 0.492 e. The highest BCUT2D eigenvalue weighted by molar-refractivity contribution is 9.10. The summed E-state index contributed by atoms with van der Waals surface area (Å²) in [7, 11) is 1.41. The van der Waals surface area contributed by atoms with E-state index in [0.29, 0.717) is 5.69 Å². The number of rotatable bonds is 4. The van der Waals surface area contributed by atoms with Crippen LogP contribution in [-0.4, -0.2) is 23.0 Å². The molecule has 5 nitrogen and oxygen atoms in total. The lowest BCUT2D eigenvalue weighted by atomic mass is 10.2. The van der Waals surface area contributed by atoms with Gasteiger partial charge in [-0.25, -0.2) is 4.98 Å². The van der Waals surface area contributed by atoms with Crippen LogP contribution in [0.15, 0.2) is 59.3 Å². The standard InChI is InChI=1S/C17H14BrN3O2/c1-10(23-2)17(22)19-11-7-8-14-15(9-11)21-16(20-14)12-5-3-4-6-13(12)18/h3-9H,1H2,2H3,(H,19,22)(H,20,21). The minimum atomic E-state index is -0.381. The van der Waals surface area contributed by atoms with Crippen molar-refractivity contribution in [3.8, 4) is 11.4 Å². The molecule has 0 saturated carbocycles. The highest BCUT2D eigenvalue weighted by atomic mass is 79.9. The average Bonchev–Trinajstić information content (AvgIpc) is 2.97. The zero-order chi connectivity index (χ0) is 16.4. The first-order chi connectivity index (χ1) is 11.1. The number of fused-ring (bicyclic) bond motifs is 1. The zero-order valence-electron chi connectivity index (χ0n) is 12.4. The number of halogens is 1. The van der Waals surface area contributed by atoms with E-state index in [0.717, 1.165) is 26.9 Å². The molecule has 0 saturated heterocycles. The number of imidazole rings is 1. The van der Waals surface area contributed by atoms with Crippen LogP contribution in [0.2, 0.25) is 0 Å². The highest BCUT2D eigenvalue weighted by Gasteiger charge is 2.11. The van der Waals surface area contributed by atoms with Crippen LogP contribution in [-0.2, 0) is 9.53 Å². The SMILES string of the molecule is C=C(OC)C(=O)Nc1ccc2[nH]c(-c3ccccc3Br)nc2c1. The fourth-order valence-electron chi connectivity index (χ4n) is 2.16. The van der Waals surface area contributed by atoms with Crippen LogP contribution in [0.3, 0.4) is 0 Å². The summed E-state index contributed by atoms with van der Waals surface area (Å²) in [6.07, 6.45) is 0. The molecule has 1 amide bonds. The number of aromatic nitrogens is 2. The van der Waals surface area contributed by atoms with Crippen LogP contribution in [0.4, 0.5) is 5.69 Å². The number of benzene rings is 2. The van der Waals surface area contributed by atoms with E-state index >= 15 is 0 Å². The number of aromatic amines is 1. The van der Waals surface area contributed by atoms with Gasteiger partial charge in [0.15, 0.2) is 5.76 Å². The second-order valence-corrected chi connectivity index (χ2v) is 5.73. The Hall–Kier alpha value is -2.60. The first-order valence-electron chi connectivity index (χ1n) is 6.87. The summed E-state index contributed by atoms with van der Waals surface area (Å²) in [5, 5.41) is 2.72. The van der Waals surface area contributed by atoms with Gasteiger partial charge in [-0.05, 0) is 24.3 Å². The molecule has 3 rings (SSSR count). The van der Waals surface area contributed by atoms with Gasteiger partial charge in [-0.15, -0.1) is 0 Å². The monoisotopic (exact) mass is 371 g/mol. The number of methoxy groups -OCH3 is 1. The number of hydrogen-bond donors (Lipinski definition) is 2. The Labute approximate surface area is 141 Å². The molecule has 0 bridgehead atoms. The molecule has 0 aliphatic rings. The highest BCUT2D eigenvalue weighted by Crippen LogP contribution is 2.28. The smallest absolute Gasteiger partial charge is 0.290 e. The van der Waals surface area contributed by atoms with Crippen LogP contribution < -0.4 is 5.32 Å². The number of carbonyl (C=O) groups is 1. The fourth-order valence-corrected chi connectivity index (χ4v) is 2.63. The van der Waals surface area contributed by atoms with Gasteiger partial charge in [-0.1, -0.05) is 40.7 Å². The maximum absolute atomic E-state index is 11.8. The molecule has 0 radical (unpaired) electrons. The number of hydrogen-bond acceptors (Lipinski definition) is 3. The summed E-state index contributed by atoms with van der Waals surface area (Å²) in [6.45, 7) is 3.52. The fraction of sp³-hybridized carbons (Fsp3) is 0.0588. The number of nitrogens with zero attached hydrogens (tertiary/aromatic N) is 1. The Morgan fingerprint density at radius 2 is 2.09 bits per heavy atom. The van der Waals surface area contributed by atoms with Crippen molar-refractivity contribution in [1.29, 1.82) is 0 Å². The van der Waals surface area contributed by atoms with E-state index in [1.54, 1.807) is 12.1 Å². The maximum Gasteiger partial charge on any atom is 0.290 e. The third-order valence-corrected chi connectivity index (χ3v) is 4.06. The van der Waals surface area contributed by atoms with Crippen molar-refractivity contribution in [2.45, 2.75) is 0 Å². The third kappa shape index (κ3) is 3.12. The molecule has 23 heavy (non-hydrogen) atoms. The molecule has 1 heterocycles. The van der Waals surface area contributed by atoms with Gasteiger partial charge in [0.1, 0.15) is 5.82 Å². The Bertz CT molecular complexity index is 902. The molecule has 2 aromatic carbocycles. The number of anilines is 1. The number of amides is 1. The van der Waals surface area contributed by atoms with Crippen molar-refractivity contribution < 1.29 is 9.53 Å². The molecule has 3 aromatic rings. The van der Waals surface area contributed by atoms with Crippen LogP contribution in [0.5, 0.6) is 0 Å². The Morgan fingerprint density at radius 3 is 2.83 bits per heavy atom. The normalized spacial score (nSPS) is 10.5. The van der Waals surface area contributed by atoms with E-state index in [9.17, 15) is 4.79 Å². The molecule has 0 aliphatic carbocycles. The number of H-pyrrole nitrogens is 1. The first-order valence-corrected chi connectivity index (χ1v) is 7.66. The van der Waals surface area contributed by atoms with E-state index in [-0.39, 0.29) is 11.7 Å². The summed E-state index contributed by atoms with van der Waals surface area (Å²) in [4.78, 5) is 19.6. The molecule has 0 unspecified atom stereocenters. The molecular formula is C17H14BrN3O2. The zero-order valence-corrected chi connectivity index (χ0v) is 14.0. The van der Waals surface area contributed by atoms with Crippen molar-refractivity contribution in [2.75, 3.05) is 12.4 Å². The lowest BCUT2D eigenvalue weighted by molar-refractivity contribution is -0.115. The van der Waals surface area contributed by atoms with Gasteiger partial charge in [0.25, 0.3) is 5.91 Å². The Balaban J connectivity index is 1.94. The summed E-state index contributed by atoms with van der Waals surface area (Å²) in [5.41, 5.74) is 3.25. The summed E-state index contributed by atoms with van der Waals surface area (Å²) >= 11 is 3.52. The summed E-state index contributed by atoms with van der Waals surface area (Å²) in [6, 6.07) is 13.3. The van der Waals surface area contributed by atoms with Gasteiger partial charge in [0.05, 0.1) is 18.1 Å². The van der Waals surface area contributed by atoms with E-state index in [2.05, 4.69) is 37.8 Å². The van der Waals surface area contributed by atoms with Gasteiger partial charge in [-0.3, -0.25) is 4.79 Å². The van der Waals surface area contributed by atoms with E-state index < -0.39 is 0 Å². The first kappa shape index (κ1) is 15.3. The molecule has 0 atom stereocenters. The minimum absolute atomic E-state index is 0.0565. The van der Waals surface area contributed by atoms with Crippen molar-refractivity contribution in [1.82, 2.24) is 9.97 Å². The van der Waals surface area contributed by atoms with Crippen LogP contribution in [0.1, 0.15) is 0 Å². The second-order valence-electron chi connectivity index (χ2n) is 4.88. The van der Waals surface area contributed by atoms with Crippen molar-refractivity contribution in [2.24, 2.45) is 0 Å². The predicted octanol–water partition coefficient (Wildman–Crippen LogP) is 4.09. The second kappa shape index (κ2) is 6.26. The van der Waals surface area contributed by atoms with Gasteiger partial charge in [0.2, 0.25) is 0 Å². The van der Waals surface area contributed by atoms with Gasteiger partial charge in [-0.2, -0.15) is 0 Å². The lowest BCUT2D eigenvalue weighted by Crippen LogP contribution is -2.14. The maximum atomic E-state index is 11.8.